The normalized spacial score (nSPS) is 11.2. The highest BCUT2D eigenvalue weighted by molar-refractivity contribution is 5.28. The van der Waals surface area contributed by atoms with Crippen molar-refractivity contribution in [1.82, 2.24) is 9.55 Å². The van der Waals surface area contributed by atoms with Gasteiger partial charge < -0.3 is 14.6 Å². The molecule has 0 fully saturated rings. The van der Waals surface area contributed by atoms with Crippen molar-refractivity contribution < 1.29 is 4.74 Å². The lowest BCUT2D eigenvalue weighted by atomic mass is 10.2. The number of hydrogen-bond acceptors (Lipinski definition) is 3. The highest BCUT2D eigenvalue weighted by atomic mass is 16.5. The van der Waals surface area contributed by atoms with Crippen molar-refractivity contribution in [2.45, 2.75) is 47.1 Å². The summed E-state index contributed by atoms with van der Waals surface area (Å²) in [6.07, 6.45) is 4.50. The van der Waals surface area contributed by atoms with E-state index in [0.717, 1.165) is 37.9 Å². The first-order valence-electron chi connectivity index (χ1n) is 6.98. The molecule has 0 aromatic carbocycles. The van der Waals surface area contributed by atoms with Crippen LogP contribution in [0.1, 0.15) is 39.3 Å². The maximum absolute atomic E-state index is 5.55. The Labute approximate surface area is 111 Å². The molecule has 1 N–H and O–H groups in total. The van der Waals surface area contributed by atoms with Gasteiger partial charge in [0, 0.05) is 25.9 Å². The van der Waals surface area contributed by atoms with Crippen LogP contribution in [0.5, 0.6) is 0 Å². The zero-order valence-electron chi connectivity index (χ0n) is 12.2. The molecule has 0 unspecified atom stereocenters. The minimum atomic E-state index is 0.596. The highest BCUT2D eigenvalue weighted by Crippen LogP contribution is 2.09. The molecule has 0 bridgehead atoms. The van der Waals surface area contributed by atoms with Crippen molar-refractivity contribution in [3.8, 4) is 0 Å². The first kappa shape index (κ1) is 15.0. The quantitative estimate of drug-likeness (QED) is 0.687. The van der Waals surface area contributed by atoms with Gasteiger partial charge in [0.05, 0.1) is 12.3 Å². The Kier molecular flexibility index (Phi) is 6.80. The van der Waals surface area contributed by atoms with E-state index in [1.807, 2.05) is 6.92 Å². The maximum atomic E-state index is 5.55. The van der Waals surface area contributed by atoms with Crippen LogP contribution in [0.25, 0.3) is 0 Å². The maximum Gasteiger partial charge on any atom is 0.203 e. The van der Waals surface area contributed by atoms with Gasteiger partial charge in [-0.2, -0.15) is 0 Å². The molecule has 104 valence electrons. The summed E-state index contributed by atoms with van der Waals surface area (Å²) in [5.41, 5.74) is 1.07. The zero-order valence-corrected chi connectivity index (χ0v) is 12.2. The fraction of sp³-hybridized carbons (Fsp3) is 0.786. The molecule has 0 amide bonds. The molecular weight excluding hydrogens is 226 g/mol. The fourth-order valence-corrected chi connectivity index (χ4v) is 1.74. The molecule has 0 aliphatic heterocycles. The number of aromatic nitrogens is 2. The number of ether oxygens (including phenoxy) is 1. The summed E-state index contributed by atoms with van der Waals surface area (Å²) in [4.78, 5) is 4.49. The van der Waals surface area contributed by atoms with Crippen LogP contribution in [-0.2, 0) is 11.3 Å². The van der Waals surface area contributed by atoms with E-state index in [9.17, 15) is 0 Å². The van der Waals surface area contributed by atoms with Gasteiger partial charge in [0.1, 0.15) is 0 Å². The van der Waals surface area contributed by atoms with Crippen LogP contribution in [0.15, 0.2) is 6.20 Å². The average molecular weight is 253 g/mol. The highest BCUT2D eigenvalue weighted by Gasteiger charge is 2.04. The molecule has 1 rings (SSSR count). The number of nitrogens with zero attached hydrogens (tertiary/aromatic N) is 2. The second-order valence-corrected chi connectivity index (χ2v) is 5.15. The Hall–Kier alpha value is -1.03. The van der Waals surface area contributed by atoms with Gasteiger partial charge in [0.25, 0.3) is 0 Å². The van der Waals surface area contributed by atoms with Gasteiger partial charge in [-0.15, -0.1) is 0 Å². The lowest BCUT2D eigenvalue weighted by molar-refractivity contribution is 0.118. The summed E-state index contributed by atoms with van der Waals surface area (Å²) in [5, 5.41) is 3.34. The Morgan fingerprint density at radius 3 is 2.89 bits per heavy atom. The minimum absolute atomic E-state index is 0.596. The van der Waals surface area contributed by atoms with Gasteiger partial charge in [-0.3, -0.25) is 0 Å². The Bertz CT molecular complexity index is 334. The molecule has 0 aliphatic carbocycles. The van der Waals surface area contributed by atoms with Crippen molar-refractivity contribution in [1.29, 1.82) is 0 Å². The van der Waals surface area contributed by atoms with Gasteiger partial charge in [-0.05, 0) is 19.3 Å². The second kappa shape index (κ2) is 8.14. The first-order valence-corrected chi connectivity index (χ1v) is 6.98. The number of hydrogen-bond donors (Lipinski definition) is 1. The van der Waals surface area contributed by atoms with Crippen molar-refractivity contribution >= 4 is 5.95 Å². The van der Waals surface area contributed by atoms with Gasteiger partial charge in [0.15, 0.2) is 0 Å². The molecule has 18 heavy (non-hydrogen) atoms. The van der Waals surface area contributed by atoms with E-state index in [-0.39, 0.29) is 0 Å². The van der Waals surface area contributed by atoms with Crippen LogP contribution >= 0.6 is 0 Å². The average Bonchev–Trinajstić information content (AvgIpc) is 2.66. The van der Waals surface area contributed by atoms with Crippen LogP contribution < -0.4 is 5.32 Å². The van der Waals surface area contributed by atoms with Crippen molar-refractivity contribution in [3.63, 3.8) is 0 Å². The smallest absolute Gasteiger partial charge is 0.203 e. The Morgan fingerprint density at radius 1 is 1.44 bits per heavy atom. The Morgan fingerprint density at radius 2 is 2.22 bits per heavy atom. The van der Waals surface area contributed by atoms with E-state index in [1.165, 1.54) is 12.8 Å². The van der Waals surface area contributed by atoms with Gasteiger partial charge >= 0.3 is 0 Å². The number of anilines is 1. The third-order valence-corrected chi connectivity index (χ3v) is 2.63. The molecule has 0 aliphatic rings. The standard InChI is InChI=1S/C14H27N3O/c1-5-6-8-17-10-13(4)16-14(17)15-7-9-18-11-12(2)3/h10,12H,5-9,11H2,1-4H3,(H,15,16). The molecule has 0 spiro atoms. The minimum Gasteiger partial charge on any atom is -0.379 e. The van der Waals surface area contributed by atoms with Crippen molar-refractivity contribution in [3.05, 3.63) is 11.9 Å². The number of aryl methyl sites for hydroxylation is 2. The van der Waals surface area contributed by atoms with E-state index in [2.05, 4.69) is 41.8 Å². The fourth-order valence-electron chi connectivity index (χ4n) is 1.74. The monoisotopic (exact) mass is 253 g/mol. The van der Waals surface area contributed by atoms with E-state index < -0.39 is 0 Å². The number of imidazole rings is 1. The number of nitrogens with one attached hydrogen (secondary N) is 1. The molecule has 1 aromatic rings. The summed E-state index contributed by atoms with van der Waals surface area (Å²) in [6.45, 7) is 12.0. The zero-order chi connectivity index (χ0) is 13.4. The number of unbranched alkanes of at least 4 members (excludes halogenated alkanes) is 1. The molecule has 1 aromatic heterocycles. The number of rotatable bonds is 9. The predicted octanol–water partition coefficient (Wildman–Crippen LogP) is 3.08. The molecule has 0 atom stereocenters. The summed E-state index contributed by atoms with van der Waals surface area (Å²) in [7, 11) is 0. The third-order valence-electron chi connectivity index (χ3n) is 2.63. The molecule has 1 heterocycles. The predicted molar refractivity (Wildman–Crippen MR) is 76.0 cm³/mol. The van der Waals surface area contributed by atoms with Crippen molar-refractivity contribution in [2.24, 2.45) is 5.92 Å². The SMILES string of the molecule is CCCCn1cc(C)nc1NCCOCC(C)C. The lowest BCUT2D eigenvalue weighted by Gasteiger charge is -2.10. The summed E-state index contributed by atoms with van der Waals surface area (Å²) >= 11 is 0. The van der Waals surface area contributed by atoms with Crippen molar-refractivity contribution in [2.75, 3.05) is 25.1 Å². The third kappa shape index (κ3) is 5.54. The lowest BCUT2D eigenvalue weighted by Crippen LogP contribution is -2.15. The molecule has 0 saturated carbocycles. The van der Waals surface area contributed by atoms with Gasteiger partial charge in [-0.1, -0.05) is 27.2 Å². The van der Waals surface area contributed by atoms with Gasteiger partial charge in [-0.25, -0.2) is 4.98 Å². The van der Waals surface area contributed by atoms with E-state index in [4.69, 9.17) is 4.74 Å². The molecular formula is C14H27N3O. The van der Waals surface area contributed by atoms with Crippen LogP contribution in [0.4, 0.5) is 5.95 Å². The summed E-state index contributed by atoms with van der Waals surface area (Å²) in [6, 6.07) is 0. The topological polar surface area (TPSA) is 39.1 Å². The van der Waals surface area contributed by atoms with Gasteiger partial charge in [0.2, 0.25) is 5.95 Å². The second-order valence-electron chi connectivity index (χ2n) is 5.15. The molecule has 4 nitrogen and oxygen atoms in total. The first-order chi connectivity index (χ1) is 8.63. The van der Waals surface area contributed by atoms with E-state index >= 15 is 0 Å². The molecule has 4 heteroatoms. The van der Waals surface area contributed by atoms with Crippen LogP contribution in [0.2, 0.25) is 0 Å². The largest absolute Gasteiger partial charge is 0.379 e. The summed E-state index contributed by atoms with van der Waals surface area (Å²) < 4.78 is 7.74. The van der Waals surface area contributed by atoms with Crippen LogP contribution in [0.3, 0.4) is 0 Å². The van der Waals surface area contributed by atoms with Crippen LogP contribution in [-0.4, -0.2) is 29.3 Å². The molecule has 0 radical (unpaired) electrons. The van der Waals surface area contributed by atoms with Crippen LogP contribution in [0, 0.1) is 12.8 Å². The molecule has 0 saturated heterocycles. The Balaban J connectivity index is 2.32. The van der Waals surface area contributed by atoms with E-state index in [0.29, 0.717) is 5.92 Å². The summed E-state index contributed by atoms with van der Waals surface area (Å²) in [5.74, 6) is 1.56. The van der Waals surface area contributed by atoms with E-state index in [1.54, 1.807) is 0 Å².